The average molecular weight is 216 g/mol. The smallest absolute Gasteiger partial charge is 0.255 e. The second-order valence-corrected chi connectivity index (χ2v) is 3.45. The lowest BCUT2D eigenvalue weighted by Crippen LogP contribution is -2.20. The highest BCUT2D eigenvalue weighted by Gasteiger charge is 2.05. The number of benzene rings is 2. The standard InChI is InChI=1S/C12H12N2O2/c13-10-5-6-11(16-7-12(14)15)9-4-2-1-3-8(9)10/h1-6H,7,13H2,(H2,14,15). The third-order valence-corrected chi connectivity index (χ3v) is 2.29. The Morgan fingerprint density at radius 3 is 2.50 bits per heavy atom. The molecule has 4 nitrogen and oxygen atoms in total. The molecule has 0 saturated heterocycles. The van der Waals surface area contributed by atoms with E-state index in [1.165, 1.54) is 0 Å². The van der Waals surface area contributed by atoms with Crippen molar-refractivity contribution in [2.45, 2.75) is 0 Å². The predicted octanol–water partition coefficient (Wildman–Crippen LogP) is 1.29. The molecule has 2 rings (SSSR count). The van der Waals surface area contributed by atoms with Gasteiger partial charge in [-0.25, -0.2) is 0 Å². The molecule has 2 aromatic rings. The first-order chi connectivity index (χ1) is 7.68. The summed E-state index contributed by atoms with van der Waals surface area (Å²) in [6.07, 6.45) is 0. The van der Waals surface area contributed by atoms with Gasteiger partial charge in [-0.05, 0) is 12.1 Å². The van der Waals surface area contributed by atoms with Gasteiger partial charge < -0.3 is 16.2 Å². The minimum atomic E-state index is -0.499. The summed E-state index contributed by atoms with van der Waals surface area (Å²) in [4.78, 5) is 10.6. The van der Waals surface area contributed by atoms with Gasteiger partial charge in [0, 0.05) is 16.5 Å². The van der Waals surface area contributed by atoms with Crippen molar-refractivity contribution < 1.29 is 9.53 Å². The van der Waals surface area contributed by atoms with Crippen LogP contribution >= 0.6 is 0 Å². The number of fused-ring (bicyclic) bond motifs is 1. The molecule has 2 aromatic carbocycles. The van der Waals surface area contributed by atoms with Gasteiger partial charge in [0.15, 0.2) is 6.61 Å². The van der Waals surface area contributed by atoms with E-state index in [0.717, 1.165) is 10.8 Å². The Morgan fingerprint density at radius 2 is 1.81 bits per heavy atom. The fraction of sp³-hybridized carbons (Fsp3) is 0.0833. The molecule has 0 unspecified atom stereocenters. The highest BCUT2D eigenvalue weighted by atomic mass is 16.5. The Morgan fingerprint density at radius 1 is 1.12 bits per heavy atom. The Hall–Kier alpha value is -2.23. The molecular formula is C12H12N2O2. The lowest BCUT2D eigenvalue weighted by Gasteiger charge is -2.09. The zero-order valence-electron chi connectivity index (χ0n) is 8.64. The third-order valence-electron chi connectivity index (χ3n) is 2.29. The van der Waals surface area contributed by atoms with Crippen molar-refractivity contribution in [3.05, 3.63) is 36.4 Å². The van der Waals surface area contributed by atoms with E-state index in [9.17, 15) is 4.79 Å². The predicted molar refractivity (Wildman–Crippen MR) is 63.0 cm³/mol. The molecule has 0 fully saturated rings. The summed E-state index contributed by atoms with van der Waals surface area (Å²) in [7, 11) is 0. The maximum atomic E-state index is 10.6. The van der Waals surface area contributed by atoms with Gasteiger partial charge in [-0.15, -0.1) is 0 Å². The van der Waals surface area contributed by atoms with Gasteiger partial charge in [0.2, 0.25) is 0 Å². The number of ether oxygens (including phenoxy) is 1. The van der Waals surface area contributed by atoms with Gasteiger partial charge >= 0.3 is 0 Å². The van der Waals surface area contributed by atoms with Crippen molar-refractivity contribution >= 4 is 22.4 Å². The van der Waals surface area contributed by atoms with Crippen LogP contribution in [0.5, 0.6) is 5.75 Å². The minimum absolute atomic E-state index is 0.131. The molecule has 4 heteroatoms. The number of rotatable bonds is 3. The quantitative estimate of drug-likeness (QED) is 0.759. The number of hydrogen-bond donors (Lipinski definition) is 2. The van der Waals surface area contributed by atoms with Crippen LogP contribution in [-0.4, -0.2) is 12.5 Å². The number of carbonyl (C=O) groups is 1. The molecule has 0 aromatic heterocycles. The molecule has 0 aliphatic rings. The number of nitrogens with two attached hydrogens (primary N) is 2. The van der Waals surface area contributed by atoms with Gasteiger partial charge in [0.1, 0.15) is 5.75 Å². The molecule has 16 heavy (non-hydrogen) atoms. The zero-order valence-corrected chi connectivity index (χ0v) is 8.64. The zero-order chi connectivity index (χ0) is 11.5. The highest BCUT2D eigenvalue weighted by Crippen LogP contribution is 2.29. The van der Waals surface area contributed by atoms with Crippen LogP contribution in [0.25, 0.3) is 10.8 Å². The fourth-order valence-corrected chi connectivity index (χ4v) is 1.57. The second-order valence-electron chi connectivity index (χ2n) is 3.45. The van der Waals surface area contributed by atoms with Gasteiger partial charge in [0.25, 0.3) is 5.91 Å². The summed E-state index contributed by atoms with van der Waals surface area (Å²) in [5.74, 6) is 0.115. The minimum Gasteiger partial charge on any atom is -0.483 e. The number of amides is 1. The van der Waals surface area contributed by atoms with Crippen LogP contribution < -0.4 is 16.2 Å². The first-order valence-corrected chi connectivity index (χ1v) is 4.87. The lowest BCUT2D eigenvalue weighted by atomic mass is 10.1. The van der Waals surface area contributed by atoms with Gasteiger partial charge in [-0.3, -0.25) is 4.79 Å². The molecule has 82 valence electrons. The van der Waals surface area contributed by atoms with Crippen molar-refractivity contribution in [1.82, 2.24) is 0 Å². The fourth-order valence-electron chi connectivity index (χ4n) is 1.57. The molecular weight excluding hydrogens is 204 g/mol. The van der Waals surface area contributed by atoms with E-state index in [2.05, 4.69) is 0 Å². The van der Waals surface area contributed by atoms with Crippen LogP contribution in [0.4, 0.5) is 5.69 Å². The number of anilines is 1. The Bertz CT molecular complexity index is 538. The summed E-state index contributed by atoms with van der Waals surface area (Å²) >= 11 is 0. The van der Waals surface area contributed by atoms with Crippen molar-refractivity contribution in [1.29, 1.82) is 0 Å². The second kappa shape index (κ2) is 4.10. The van der Waals surface area contributed by atoms with Crippen LogP contribution in [0.1, 0.15) is 0 Å². The van der Waals surface area contributed by atoms with E-state index in [1.54, 1.807) is 12.1 Å². The van der Waals surface area contributed by atoms with E-state index in [4.69, 9.17) is 16.2 Å². The molecule has 1 amide bonds. The molecule has 0 atom stereocenters. The van der Waals surface area contributed by atoms with Crippen molar-refractivity contribution in [2.24, 2.45) is 5.73 Å². The van der Waals surface area contributed by atoms with E-state index in [0.29, 0.717) is 11.4 Å². The summed E-state index contributed by atoms with van der Waals surface area (Å²) in [6.45, 7) is -0.131. The molecule has 0 aliphatic heterocycles. The van der Waals surface area contributed by atoms with Crippen molar-refractivity contribution in [3.8, 4) is 5.75 Å². The van der Waals surface area contributed by atoms with Gasteiger partial charge in [-0.2, -0.15) is 0 Å². The van der Waals surface area contributed by atoms with Crippen molar-refractivity contribution in [3.63, 3.8) is 0 Å². The Labute approximate surface area is 92.8 Å². The normalized spacial score (nSPS) is 10.2. The van der Waals surface area contributed by atoms with Crippen LogP contribution in [0, 0.1) is 0 Å². The molecule has 0 saturated carbocycles. The summed E-state index contributed by atoms with van der Waals surface area (Å²) in [6, 6.07) is 11.1. The van der Waals surface area contributed by atoms with E-state index in [-0.39, 0.29) is 6.61 Å². The summed E-state index contributed by atoms with van der Waals surface area (Å²) in [5.41, 5.74) is 11.5. The number of primary amides is 1. The molecule has 4 N–H and O–H groups in total. The maximum Gasteiger partial charge on any atom is 0.255 e. The van der Waals surface area contributed by atoms with Crippen LogP contribution in [0.15, 0.2) is 36.4 Å². The Kier molecular flexibility index (Phi) is 2.64. The van der Waals surface area contributed by atoms with Gasteiger partial charge in [-0.1, -0.05) is 24.3 Å². The molecule has 0 radical (unpaired) electrons. The van der Waals surface area contributed by atoms with Crippen LogP contribution in [0.2, 0.25) is 0 Å². The topological polar surface area (TPSA) is 78.3 Å². The van der Waals surface area contributed by atoms with Crippen LogP contribution in [0.3, 0.4) is 0 Å². The van der Waals surface area contributed by atoms with Gasteiger partial charge in [0.05, 0.1) is 0 Å². The highest BCUT2D eigenvalue weighted by molar-refractivity contribution is 5.97. The summed E-state index contributed by atoms with van der Waals surface area (Å²) < 4.78 is 5.31. The molecule has 0 bridgehead atoms. The van der Waals surface area contributed by atoms with Crippen LogP contribution in [-0.2, 0) is 4.79 Å². The Balaban J connectivity index is 2.46. The molecule has 0 aliphatic carbocycles. The number of hydrogen-bond acceptors (Lipinski definition) is 3. The number of carbonyl (C=O) groups excluding carboxylic acids is 1. The molecule has 0 heterocycles. The van der Waals surface area contributed by atoms with E-state index < -0.39 is 5.91 Å². The lowest BCUT2D eigenvalue weighted by molar-refractivity contribution is -0.119. The number of nitrogen functional groups attached to an aromatic ring is 1. The third kappa shape index (κ3) is 1.91. The largest absolute Gasteiger partial charge is 0.483 e. The van der Waals surface area contributed by atoms with E-state index >= 15 is 0 Å². The maximum absolute atomic E-state index is 10.6. The first kappa shape index (κ1) is 10.3. The monoisotopic (exact) mass is 216 g/mol. The summed E-state index contributed by atoms with van der Waals surface area (Å²) in [5, 5.41) is 1.79. The molecule has 0 spiro atoms. The average Bonchev–Trinajstić information content (AvgIpc) is 2.28. The van der Waals surface area contributed by atoms with E-state index in [1.807, 2.05) is 24.3 Å². The first-order valence-electron chi connectivity index (χ1n) is 4.87. The SMILES string of the molecule is NC(=O)COc1ccc(N)c2ccccc12. The van der Waals surface area contributed by atoms with Crippen molar-refractivity contribution in [2.75, 3.05) is 12.3 Å².